The molecule has 0 radical (unpaired) electrons. The zero-order chi connectivity index (χ0) is 16.3. The van der Waals surface area contributed by atoms with Crippen LogP contribution < -0.4 is 5.32 Å². The molecule has 0 bridgehead atoms. The smallest absolute Gasteiger partial charge is 0.193 e. The van der Waals surface area contributed by atoms with E-state index in [1.54, 1.807) is 0 Å². The van der Waals surface area contributed by atoms with Gasteiger partial charge in [0, 0.05) is 44.0 Å². The number of hydrogen-bond donors (Lipinski definition) is 2. The summed E-state index contributed by atoms with van der Waals surface area (Å²) in [6.07, 6.45) is 8.73. The Hall–Kier alpha value is -1.49. The van der Waals surface area contributed by atoms with Gasteiger partial charge < -0.3 is 19.9 Å². The maximum atomic E-state index is 6.01. The summed E-state index contributed by atoms with van der Waals surface area (Å²) in [5.41, 5.74) is 1.53. The van der Waals surface area contributed by atoms with Gasteiger partial charge in [-0.15, -0.1) is 0 Å². The van der Waals surface area contributed by atoms with Gasteiger partial charge >= 0.3 is 0 Å². The molecule has 2 atom stereocenters. The summed E-state index contributed by atoms with van der Waals surface area (Å²) in [5, 5.41) is 3.72. The number of H-pyrrole nitrogens is 1. The molecule has 1 heterocycles. The minimum absolute atomic E-state index is 0.333. The fourth-order valence-corrected chi connectivity index (χ4v) is 4.39. The van der Waals surface area contributed by atoms with Crippen molar-refractivity contribution in [3.05, 3.63) is 24.0 Å². The topological polar surface area (TPSA) is 52.6 Å². The number of hydrogen-bond acceptors (Lipinski definition) is 2. The van der Waals surface area contributed by atoms with Gasteiger partial charge in [0.05, 0.1) is 12.6 Å². The van der Waals surface area contributed by atoms with Crippen molar-refractivity contribution in [3.8, 4) is 0 Å². The van der Waals surface area contributed by atoms with Gasteiger partial charge in [-0.2, -0.15) is 0 Å². The number of aromatic nitrogens is 1. The monoisotopic (exact) mass is 318 g/mol. The van der Waals surface area contributed by atoms with Gasteiger partial charge in [0.15, 0.2) is 5.96 Å². The quantitative estimate of drug-likeness (QED) is 0.648. The van der Waals surface area contributed by atoms with Crippen molar-refractivity contribution in [2.75, 3.05) is 20.7 Å². The van der Waals surface area contributed by atoms with Crippen LogP contribution in [-0.4, -0.2) is 48.7 Å². The fraction of sp³-hybridized carbons (Fsp3) is 0.722. The number of nitrogens with one attached hydrogen (secondary N) is 2. The van der Waals surface area contributed by atoms with Gasteiger partial charge in [-0.1, -0.05) is 12.8 Å². The third-order valence-corrected chi connectivity index (χ3v) is 5.63. The summed E-state index contributed by atoms with van der Waals surface area (Å²) in [4.78, 5) is 9.93. The molecule has 0 aromatic carbocycles. The highest BCUT2D eigenvalue weighted by atomic mass is 16.5. The Kier molecular flexibility index (Phi) is 4.95. The van der Waals surface area contributed by atoms with Crippen LogP contribution in [0.5, 0.6) is 0 Å². The number of aliphatic imine (C=N–C) groups is 1. The molecule has 5 nitrogen and oxygen atoms in total. The van der Waals surface area contributed by atoms with Crippen LogP contribution in [0.15, 0.2) is 23.3 Å². The summed E-state index contributed by atoms with van der Waals surface area (Å²) in [6.45, 7) is 3.76. The molecule has 2 fully saturated rings. The standard InChI is InChI=1S/C18H30N4O/c1-4-23-16-12-15(18(16)9-5-6-10-18)21-17(19-2)22(3)13-14-8-7-11-20-14/h7-8,11,15-16,20H,4-6,9-10,12-13H2,1-3H3,(H,19,21). The largest absolute Gasteiger partial charge is 0.378 e. The molecule has 1 spiro atoms. The molecule has 5 heteroatoms. The summed E-state index contributed by atoms with van der Waals surface area (Å²) in [7, 11) is 3.96. The van der Waals surface area contributed by atoms with Gasteiger partial charge in [-0.25, -0.2) is 0 Å². The van der Waals surface area contributed by atoms with Crippen LogP contribution in [0.3, 0.4) is 0 Å². The van der Waals surface area contributed by atoms with Crippen LogP contribution >= 0.6 is 0 Å². The molecule has 128 valence electrons. The molecular weight excluding hydrogens is 288 g/mol. The molecule has 2 aliphatic carbocycles. The van der Waals surface area contributed by atoms with E-state index >= 15 is 0 Å². The second kappa shape index (κ2) is 6.95. The Morgan fingerprint density at radius 2 is 2.26 bits per heavy atom. The second-order valence-electron chi connectivity index (χ2n) is 6.92. The predicted octanol–water partition coefficient (Wildman–Crippen LogP) is 2.76. The van der Waals surface area contributed by atoms with Gasteiger partial charge in [-0.3, -0.25) is 4.99 Å². The van der Waals surface area contributed by atoms with Crippen molar-refractivity contribution >= 4 is 5.96 Å². The van der Waals surface area contributed by atoms with Gasteiger partial charge in [0.25, 0.3) is 0 Å². The first-order valence-corrected chi connectivity index (χ1v) is 8.88. The molecular formula is C18H30N4O. The highest BCUT2D eigenvalue weighted by Gasteiger charge is 2.57. The van der Waals surface area contributed by atoms with E-state index in [1.807, 2.05) is 19.3 Å². The van der Waals surface area contributed by atoms with E-state index in [0.717, 1.165) is 25.5 Å². The van der Waals surface area contributed by atoms with Crippen LogP contribution in [0, 0.1) is 5.41 Å². The van der Waals surface area contributed by atoms with Crippen molar-refractivity contribution in [2.45, 2.75) is 57.7 Å². The van der Waals surface area contributed by atoms with E-state index in [1.165, 1.54) is 31.4 Å². The maximum absolute atomic E-state index is 6.01. The van der Waals surface area contributed by atoms with E-state index in [9.17, 15) is 0 Å². The molecule has 2 N–H and O–H groups in total. The van der Waals surface area contributed by atoms with Crippen LogP contribution in [0.2, 0.25) is 0 Å². The Morgan fingerprint density at radius 3 is 2.87 bits per heavy atom. The van der Waals surface area contributed by atoms with Crippen molar-refractivity contribution in [2.24, 2.45) is 10.4 Å². The van der Waals surface area contributed by atoms with Gasteiger partial charge in [-0.05, 0) is 38.3 Å². The Bertz CT molecular complexity index is 519. The number of aromatic amines is 1. The molecule has 1 aromatic heterocycles. The molecule has 2 aliphatic rings. The highest BCUT2D eigenvalue weighted by Crippen LogP contribution is 2.54. The number of guanidine groups is 1. The summed E-state index contributed by atoms with van der Waals surface area (Å²) in [5.74, 6) is 0.978. The second-order valence-corrected chi connectivity index (χ2v) is 6.92. The molecule has 23 heavy (non-hydrogen) atoms. The minimum Gasteiger partial charge on any atom is -0.378 e. The van der Waals surface area contributed by atoms with E-state index in [2.05, 4.69) is 40.2 Å². The molecule has 0 saturated heterocycles. The predicted molar refractivity (Wildman–Crippen MR) is 93.5 cm³/mol. The van der Waals surface area contributed by atoms with Crippen molar-refractivity contribution < 1.29 is 4.74 Å². The molecule has 0 amide bonds. The van der Waals surface area contributed by atoms with Crippen LogP contribution in [0.25, 0.3) is 0 Å². The lowest BCUT2D eigenvalue weighted by atomic mass is 9.60. The molecule has 1 aromatic rings. The van der Waals surface area contributed by atoms with E-state index < -0.39 is 0 Å². The van der Waals surface area contributed by atoms with Gasteiger partial charge in [0.2, 0.25) is 0 Å². The maximum Gasteiger partial charge on any atom is 0.193 e. The number of rotatable bonds is 5. The Morgan fingerprint density at radius 1 is 1.48 bits per heavy atom. The molecule has 3 rings (SSSR count). The Balaban J connectivity index is 1.63. The molecule has 2 saturated carbocycles. The fourth-order valence-electron chi connectivity index (χ4n) is 4.39. The lowest BCUT2D eigenvalue weighted by Gasteiger charge is -2.54. The van der Waals surface area contributed by atoms with Crippen molar-refractivity contribution in [1.82, 2.24) is 15.2 Å². The van der Waals surface area contributed by atoms with E-state index in [0.29, 0.717) is 17.6 Å². The Labute approximate surface area is 139 Å². The number of nitrogens with zero attached hydrogens (tertiary/aromatic N) is 2. The van der Waals surface area contributed by atoms with Gasteiger partial charge in [0.1, 0.15) is 0 Å². The van der Waals surface area contributed by atoms with E-state index in [-0.39, 0.29) is 0 Å². The first kappa shape index (κ1) is 16.4. The highest BCUT2D eigenvalue weighted by molar-refractivity contribution is 5.80. The molecule has 0 aliphatic heterocycles. The zero-order valence-electron chi connectivity index (χ0n) is 14.6. The summed E-state index contributed by atoms with van der Waals surface area (Å²) >= 11 is 0. The normalized spacial score (nSPS) is 26.3. The lowest BCUT2D eigenvalue weighted by Crippen LogP contribution is -2.65. The van der Waals surface area contributed by atoms with Crippen molar-refractivity contribution in [3.63, 3.8) is 0 Å². The third kappa shape index (κ3) is 3.11. The average molecular weight is 318 g/mol. The first-order valence-electron chi connectivity index (χ1n) is 8.88. The van der Waals surface area contributed by atoms with Crippen molar-refractivity contribution in [1.29, 1.82) is 0 Å². The van der Waals surface area contributed by atoms with Crippen LogP contribution in [-0.2, 0) is 11.3 Å². The van der Waals surface area contributed by atoms with Crippen LogP contribution in [0.1, 0.15) is 44.7 Å². The third-order valence-electron chi connectivity index (χ3n) is 5.63. The van der Waals surface area contributed by atoms with E-state index in [4.69, 9.17) is 4.74 Å². The summed E-state index contributed by atoms with van der Waals surface area (Å²) in [6, 6.07) is 4.63. The molecule has 2 unspecified atom stereocenters. The number of ether oxygens (including phenoxy) is 1. The SMILES string of the molecule is CCOC1CC(NC(=NC)N(C)Cc2ccc[nH]2)C12CCCC2. The first-order chi connectivity index (χ1) is 11.2. The minimum atomic E-state index is 0.333. The zero-order valence-corrected chi connectivity index (χ0v) is 14.6. The lowest BCUT2D eigenvalue weighted by molar-refractivity contribution is -0.126. The van der Waals surface area contributed by atoms with Crippen LogP contribution in [0.4, 0.5) is 0 Å². The summed E-state index contributed by atoms with van der Waals surface area (Å²) < 4.78 is 6.01. The average Bonchev–Trinajstić information content (AvgIpc) is 3.22.